The monoisotopic (exact) mass is 457 g/mol. The van der Waals surface area contributed by atoms with E-state index in [1.54, 1.807) is 0 Å². The van der Waals surface area contributed by atoms with Gasteiger partial charge in [-0.15, -0.1) is 24.0 Å². The lowest BCUT2D eigenvalue weighted by Gasteiger charge is -2.11. The molecule has 0 fully saturated rings. The third kappa shape index (κ3) is 8.76. The molecule has 0 aliphatic heterocycles. The predicted octanol–water partition coefficient (Wildman–Crippen LogP) is 2.83. The van der Waals surface area contributed by atoms with Crippen LogP contribution in [0.1, 0.15) is 18.9 Å². The highest BCUT2D eigenvalue weighted by Gasteiger charge is 1.98. The molecular weight excluding hydrogens is 429 g/mol. The number of ether oxygens (including phenoxy) is 1. The van der Waals surface area contributed by atoms with Gasteiger partial charge in [0.05, 0.1) is 19.3 Å². The number of rotatable bonds is 9. The fourth-order valence-electron chi connectivity index (χ4n) is 2.18. The highest BCUT2D eigenvalue weighted by molar-refractivity contribution is 14.0. The molecule has 0 unspecified atom stereocenters. The summed E-state index contributed by atoms with van der Waals surface area (Å²) in [4.78, 5) is 4.57. The Morgan fingerprint density at radius 1 is 1.24 bits per heavy atom. The Kier molecular flexibility index (Phi) is 10.7. The van der Waals surface area contributed by atoms with Crippen molar-refractivity contribution in [3.8, 4) is 5.75 Å². The first kappa shape index (κ1) is 21.3. The number of hydrogen-bond acceptors (Lipinski definition) is 3. The van der Waals surface area contributed by atoms with E-state index in [1.165, 1.54) is 5.56 Å². The first-order valence-corrected chi connectivity index (χ1v) is 8.47. The molecule has 0 radical (unpaired) electrons. The van der Waals surface area contributed by atoms with Gasteiger partial charge in [0.25, 0.3) is 0 Å². The van der Waals surface area contributed by atoms with Crippen LogP contribution >= 0.6 is 24.0 Å². The topological polar surface area (TPSA) is 63.5 Å². The summed E-state index contributed by atoms with van der Waals surface area (Å²) in [6.07, 6.45) is 4.78. The van der Waals surface area contributed by atoms with Gasteiger partial charge in [0.2, 0.25) is 0 Å². The van der Waals surface area contributed by atoms with Crippen LogP contribution in [0.5, 0.6) is 5.75 Å². The van der Waals surface area contributed by atoms with Crippen LogP contribution in [0, 0.1) is 6.92 Å². The molecule has 0 saturated carbocycles. The number of guanidine groups is 1. The van der Waals surface area contributed by atoms with Crippen LogP contribution in [0.2, 0.25) is 0 Å². The van der Waals surface area contributed by atoms with Crippen molar-refractivity contribution in [2.75, 3.05) is 26.2 Å². The maximum absolute atomic E-state index is 5.67. The van der Waals surface area contributed by atoms with Crippen LogP contribution in [0.4, 0.5) is 0 Å². The van der Waals surface area contributed by atoms with Gasteiger partial charge in [0, 0.05) is 32.3 Å². The fraction of sp³-hybridized carbons (Fsp3) is 0.444. The van der Waals surface area contributed by atoms with Crippen molar-refractivity contribution in [3.63, 3.8) is 0 Å². The molecule has 0 spiro atoms. The predicted molar refractivity (Wildman–Crippen MR) is 113 cm³/mol. The first-order valence-electron chi connectivity index (χ1n) is 8.47. The minimum absolute atomic E-state index is 0. The number of aromatic nitrogens is 2. The molecule has 0 bridgehead atoms. The normalized spacial score (nSPS) is 10.9. The molecule has 0 aliphatic rings. The van der Waals surface area contributed by atoms with Crippen molar-refractivity contribution >= 4 is 29.9 Å². The average molecular weight is 457 g/mol. The lowest BCUT2D eigenvalue weighted by atomic mass is 10.3. The van der Waals surface area contributed by atoms with Crippen LogP contribution in [0.25, 0.3) is 0 Å². The standard InChI is InChI=1S/C18H27N5O.HI/c1-3-19-18(21-11-12-23-15-16(2)14-22-23)20-10-7-13-24-17-8-5-4-6-9-17;/h4-6,8-9,14-15H,3,7,10-13H2,1-2H3,(H2,19,20,21);1H. The summed E-state index contributed by atoms with van der Waals surface area (Å²) < 4.78 is 7.60. The van der Waals surface area contributed by atoms with E-state index in [2.05, 4.69) is 27.6 Å². The second-order valence-corrected chi connectivity index (χ2v) is 5.48. The van der Waals surface area contributed by atoms with Gasteiger partial charge in [-0.1, -0.05) is 18.2 Å². The summed E-state index contributed by atoms with van der Waals surface area (Å²) in [5.74, 6) is 1.74. The molecule has 138 valence electrons. The molecule has 25 heavy (non-hydrogen) atoms. The molecule has 2 N–H and O–H groups in total. The van der Waals surface area contributed by atoms with Crippen molar-refractivity contribution < 1.29 is 4.74 Å². The zero-order valence-corrected chi connectivity index (χ0v) is 17.3. The summed E-state index contributed by atoms with van der Waals surface area (Å²) in [5, 5.41) is 10.8. The minimum Gasteiger partial charge on any atom is -0.494 e. The van der Waals surface area contributed by atoms with E-state index >= 15 is 0 Å². The van der Waals surface area contributed by atoms with Crippen molar-refractivity contribution in [1.29, 1.82) is 0 Å². The molecule has 0 atom stereocenters. The van der Waals surface area contributed by atoms with E-state index < -0.39 is 0 Å². The van der Waals surface area contributed by atoms with Gasteiger partial charge in [-0.25, -0.2) is 0 Å². The molecule has 0 amide bonds. The van der Waals surface area contributed by atoms with E-state index in [0.717, 1.165) is 44.3 Å². The summed E-state index contributed by atoms with van der Waals surface area (Å²) in [6.45, 7) is 7.94. The molecule has 1 heterocycles. The molecular formula is C18H28IN5O. The molecule has 1 aromatic carbocycles. The third-order valence-electron chi connectivity index (χ3n) is 3.32. The van der Waals surface area contributed by atoms with Gasteiger partial charge in [-0.2, -0.15) is 5.10 Å². The second kappa shape index (κ2) is 12.6. The quantitative estimate of drug-likeness (QED) is 0.263. The van der Waals surface area contributed by atoms with Crippen LogP contribution in [0.15, 0.2) is 47.7 Å². The zero-order chi connectivity index (χ0) is 17.0. The maximum atomic E-state index is 5.67. The van der Waals surface area contributed by atoms with Crippen molar-refractivity contribution in [2.24, 2.45) is 4.99 Å². The Morgan fingerprint density at radius 3 is 2.72 bits per heavy atom. The zero-order valence-electron chi connectivity index (χ0n) is 14.9. The van der Waals surface area contributed by atoms with Crippen LogP contribution < -0.4 is 15.4 Å². The third-order valence-corrected chi connectivity index (χ3v) is 3.32. The molecule has 7 heteroatoms. The summed E-state index contributed by atoms with van der Waals surface area (Å²) >= 11 is 0. The number of benzene rings is 1. The van der Waals surface area contributed by atoms with Crippen LogP contribution in [-0.4, -0.2) is 42.0 Å². The lowest BCUT2D eigenvalue weighted by molar-refractivity contribution is 0.313. The first-order chi connectivity index (χ1) is 11.8. The molecule has 2 rings (SSSR count). The fourth-order valence-corrected chi connectivity index (χ4v) is 2.18. The number of nitrogens with one attached hydrogen (secondary N) is 2. The molecule has 2 aromatic rings. The number of aryl methyl sites for hydroxylation is 1. The molecule has 0 saturated heterocycles. The number of hydrogen-bond donors (Lipinski definition) is 2. The highest BCUT2D eigenvalue weighted by Crippen LogP contribution is 2.08. The summed E-state index contributed by atoms with van der Waals surface area (Å²) in [6, 6.07) is 9.86. The Labute approximate surface area is 167 Å². The largest absolute Gasteiger partial charge is 0.494 e. The van der Waals surface area contributed by atoms with Gasteiger partial charge in [-0.3, -0.25) is 9.67 Å². The lowest BCUT2D eigenvalue weighted by Crippen LogP contribution is -2.39. The SMILES string of the molecule is CCNC(=NCCCOc1ccccc1)NCCn1cc(C)cn1.I. The number of nitrogens with zero attached hydrogens (tertiary/aromatic N) is 3. The molecule has 0 aliphatic carbocycles. The molecule has 6 nitrogen and oxygen atoms in total. The summed E-state index contributed by atoms with van der Waals surface area (Å²) in [7, 11) is 0. The van der Waals surface area contributed by atoms with E-state index in [1.807, 2.05) is 54.3 Å². The minimum atomic E-state index is 0. The average Bonchev–Trinajstić information content (AvgIpc) is 3.01. The Hall–Kier alpha value is -1.77. The van der Waals surface area contributed by atoms with Crippen molar-refractivity contribution in [1.82, 2.24) is 20.4 Å². The maximum Gasteiger partial charge on any atom is 0.191 e. The second-order valence-electron chi connectivity index (χ2n) is 5.48. The van der Waals surface area contributed by atoms with Crippen LogP contribution in [-0.2, 0) is 6.54 Å². The van der Waals surface area contributed by atoms with E-state index in [-0.39, 0.29) is 24.0 Å². The Balaban J connectivity index is 0.00000312. The van der Waals surface area contributed by atoms with Gasteiger partial charge < -0.3 is 15.4 Å². The highest BCUT2D eigenvalue weighted by atomic mass is 127. The molecule has 1 aromatic heterocycles. The van der Waals surface area contributed by atoms with Crippen LogP contribution in [0.3, 0.4) is 0 Å². The van der Waals surface area contributed by atoms with Gasteiger partial charge in [0.15, 0.2) is 5.96 Å². The van der Waals surface area contributed by atoms with Crippen molar-refractivity contribution in [2.45, 2.75) is 26.8 Å². The number of aliphatic imine (C=N–C) groups is 1. The summed E-state index contributed by atoms with van der Waals surface area (Å²) in [5.41, 5.74) is 1.17. The smallest absolute Gasteiger partial charge is 0.191 e. The number of para-hydroxylation sites is 1. The Bertz CT molecular complexity index is 615. The van der Waals surface area contributed by atoms with E-state index in [4.69, 9.17) is 4.74 Å². The van der Waals surface area contributed by atoms with E-state index in [0.29, 0.717) is 6.61 Å². The Morgan fingerprint density at radius 2 is 2.04 bits per heavy atom. The van der Waals surface area contributed by atoms with Gasteiger partial charge in [0.1, 0.15) is 5.75 Å². The van der Waals surface area contributed by atoms with Crippen molar-refractivity contribution in [3.05, 3.63) is 48.3 Å². The number of halogens is 1. The van der Waals surface area contributed by atoms with E-state index in [9.17, 15) is 0 Å². The van der Waals surface area contributed by atoms with Gasteiger partial charge in [-0.05, 0) is 31.5 Å². The van der Waals surface area contributed by atoms with Gasteiger partial charge >= 0.3 is 0 Å².